The molecule has 1 rings (SSSR count). The van der Waals surface area contributed by atoms with E-state index in [0.29, 0.717) is 6.07 Å². The lowest BCUT2D eigenvalue weighted by Crippen LogP contribution is -2.15. The van der Waals surface area contributed by atoms with Gasteiger partial charge >= 0.3 is 12.8 Å². The summed E-state index contributed by atoms with van der Waals surface area (Å²) in [5, 5.41) is 0. The molecule has 0 aliphatic heterocycles. The second-order valence-electron chi connectivity index (χ2n) is 3.68. The van der Waals surface area contributed by atoms with E-state index in [4.69, 9.17) is 0 Å². The van der Waals surface area contributed by atoms with Gasteiger partial charge in [-0.25, -0.2) is 8.78 Å². The molecule has 0 aliphatic rings. The van der Waals surface area contributed by atoms with Gasteiger partial charge < -0.3 is 4.74 Å². The van der Waals surface area contributed by atoms with Crippen LogP contribution in [0, 0.1) is 0 Å². The van der Waals surface area contributed by atoms with Gasteiger partial charge in [0.1, 0.15) is 5.75 Å². The fourth-order valence-corrected chi connectivity index (χ4v) is 1.47. The summed E-state index contributed by atoms with van der Waals surface area (Å²) in [5.41, 5.74) is -3.93. The van der Waals surface area contributed by atoms with Crippen LogP contribution in [0.1, 0.15) is 34.8 Å². The Hall–Kier alpha value is -1.80. The fourth-order valence-electron chi connectivity index (χ4n) is 1.47. The van der Waals surface area contributed by atoms with Crippen LogP contribution in [0.2, 0.25) is 0 Å². The van der Waals surface area contributed by atoms with Crippen LogP contribution >= 0.6 is 0 Å². The lowest BCUT2D eigenvalue weighted by molar-refractivity contribution is -0.142. The van der Waals surface area contributed by atoms with Crippen molar-refractivity contribution in [2.75, 3.05) is 0 Å². The topological polar surface area (TPSA) is 26.3 Å². The third-order valence-electron chi connectivity index (χ3n) is 2.25. The highest BCUT2D eigenvalue weighted by Crippen LogP contribution is 2.41. The van der Waals surface area contributed by atoms with Gasteiger partial charge in [-0.3, -0.25) is 4.79 Å². The zero-order chi connectivity index (χ0) is 15.7. The number of hydrogen-bond donors (Lipinski definition) is 0. The number of carbonyl (C=O) groups excluding carboxylic acids is 1. The highest BCUT2D eigenvalue weighted by molar-refractivity contribution is 5.97. The number of ketones is 1. The van der Waals surface area contributed by atoms with Crippen LogP contribution < -0.4 is 4.74 Å². The van der Waals surface area contributed by atoms with E-state index in [1.165, 1.54) is 0 Å². The number of Topliss-reactive ketones (excluding diaryl/α,β-unsaturated/α-hetero) is 1. The maximum absolute atomic E-state index is 12.7. The largest absolute Gasteiger partial charge is 0.433 e. The Morgan fingerprint density at radius 3 is 2.05 bits per heavy atom. The summed E-state index contributed by atoms with van der Waals surface area (Å²) in [6.45, 7) is -2.88. The van der Waals surface area contributed by atoms with Crippen molar-refractivity contribution in [3.8, 4) is 5.75 Å². The molecule has 0 N–H and O–H groups in total. The number of carbonyl (C=O) groups is 1. The Morgan fingerprint density at radius 1 is 1.15 bits per heavy atom. The van der Waals surface area contributed by atoms with Gasteiger partial charge in [-0.2, -0.15) is 22.0 Å². The third-order valence-corrected chi connectivity index (χ3v) is 2.25. The predicted octanol–water partition coefficient (Wildman–Crippen LogP) is 4.45. The minimum atomic E-state index is -5.22. The summed E-state index contributed by atoms with van der Waals surface area (Å²) in [6.07, 6.45) is -8.52. The molecule has 0 heterocycles. The van der Waals surface area contributed by atoms with Gasteiger partial charge in [-0.05, 0) is 19.1 Å². The van der Waals surface area contributed by atoms with E-state index in [-0.39, 0.29) is 6.07 Å². The van der Waals surface area contributed by atoms with Crippen LogP contribution in [-0.2, 0) is 6.18 Å². The van der Waals surface area contributed by atoms with Crippen molar-refractivity contribution in [2.24, 2.45) is 0 Å². The van der Waals surface area contributed by atoms with Gasteiger partial charge in [0.25, 0.3) is 6.43 Å². The van der Waals surface area contributed by atoms with Gasteiger partial charge in [0.15, 0.2) is 5.78 Å². The summed E-state index contributed by atoms with van der Waals surface area (Å²) in [4.78, 5) is 11.2. The minimum absolute atomic E-state index is 0.0190. The van der Waals surface area contributed by atoms with E-state index in [9.17, 15) is 35.5 Å². The summed E-state index contributed by atoms with van der Waals surface area (Å²) in [6, 6.07) is 0.384. The average Bonchev–Trinajstić information content (AvgIpc) is 2.25. The molecule has 0 spiro atoms. The highest BCUT2D eigenvalue weighted by atomic mass is 19.4. The van der Waals surface area contributed by atoms with Crippen molar-refractivity contribution in [1.29, 1.82) is 0 Å². The predicted molar refractivity (Wildman–Crippen MR) is 53.0 cm³/mol. The fraction of sp³-hybridized carbons (Fsp3) is 0.364. The number of hydrogen-bond acceptors (Lipinski definition) is 2. The van der Waals surface area contributed by atoms with Crippen LogP contribution in [0.3, 0.4) is 0 Å². The van der Waals surface area contributed by atoms with Crippen molar-refractivity contribution >= 4 is 5.78 Å². The molecule has 0 saturated heterocycles. The van der Waals surface area contributed by atoms with Crippen molar-refractivity contribution in [3.63, 3.8) is 0 Å². The van der Waals surface area contributed by atoms with Crippen LogP contribution in [0.15, 0.2) is 12.1 Å². The second-order valence-corrected chi connectivity index (χ2v) is 3.68. The molecule has 0 atom stereocenters. The number of alkyl halides is 7. The molecule has 1 aromatic carbocycles. The number of benzene rings is 1. The molecule has 20 heavy (non-hydrogen) atoms. The summed E-state index contributed by atoms with van der Waals surface area (Å²) in [7, 11) is 0. The monoisotopic (exact) mass is 304 g/mol. The van der Waals surface area contributed by atoms with E-state index in [2.05, 4.69) is 4.74 Å². The summed E-state index contributed by atoms with van der Waals surface area (Å²) < 4.78 is 91.1. The first-order valence-electron chi connectivity index (χ1n) is 5.03. The summed E-state index contributed by atoms with van der Waals surface area (Å²) in [5.74, 6) is -2.56. The SMILES string of the molecule is CC(=O)c1cc(C(F)F)cc(C(F)(F)F)c1OC(F)F. The lowest BCUT2D eigenvalue weighted by atomic mass is 10.0. The van der Waals surface area contributed by atoms with E-state index in [0.717, 1.165) is 6.92 Å². The van der Waals surface area contributed by atoms with Gasteiger partial charge in [-0.1, -0.05) is 0 Å². The van der Waals surface area contributed by atoms with Gasteiger partial charge in [0, 0.05) is 5.56 Å². The molecule has 0 fully saturated rings. The van der Waals surface area contributed by atoms with Crippen molar-refractivity contribution in [1.82, 2.24) is 0 Å². The molecule has 0 saturated carbocycles. The maximum Gasteiger partial charge on any atom is 0.420 e. The first-order chi connectivity index (χ1) is 9.04. The number of rotatable bonds is 4. The Kier molecular flexibility index (Phi) is 4.61. The van der Waals surface area contributed by atoms with Gasteiger partial charge in [-0.15, -0.1) is 0 Å². The van der Waals surface area contributed by atoms with E-state index < -0.39 is 47.4 Å². The van der Waals surface area contributed by atoms with Gasteiger partial charge in [0.2, 0.25) is 0 Å². The second kappa shape index (κ2) is 5.68. The van der Waals surface area contributed by atoms with E-state index >= 15 is 0 Å². The first kappa shape index (κ1) is 16.3. The smallest absolute Gasteiger partial charge is 0.420 e. The Labute approximate surface area is 108 Å². The molecule has 112 valence electrons. The lowest BCUT2D eigenvalue weighted by Gasteiger charge is -2.17. The van der Waals surface area contributed by atoms with E-state index in [1.54, 1.807) is 0 Å². The molecule has 2 nitrogen and oxygen atoms in total. The van der Waals surface area contributed by atoms with Crippen LogP contribution in [0.25, 0.3) is 0 Å². The minimum Gasteiger partial charge on any atom is -0.433 e. The van der Waals surface area contributed by atoms with Crippen molar-refractivity contribution < 1.29 is 40.3 Å². The zero-order valence-electron chi connectivity index (χ0n) is 9.77. The normalized spacial score (nSPS) is 12.1. The number of halogens is 7. The molecule has 0 aliphatic carbocycles. The molecule has 0 amide bonds. The van der Waals surface area contributed by atoms with Gasteiger partial charge in [0.05, 0.1) is 11.1 Å². The molecule has 0 radical (unpaired) electrons. The Morgan fingerprint density at radius 2 is 1.70 bits per heavy atom. The standard InChI is InChI=1S/C11H7F7O2/c1-4(19)6-2-5(9(12)13)3-7(11(16,17)18)8(6)20-10(14)15/h2-3,9-10H,1H3. The zero-order valence-corrected chi connectivity index (χ0v) is 9.77. The highest BCUT2D eigenvalue weighted by Gasteiger charge is 2.38. The van der Waals surface area contributed by atoms with Crippen LogP contribution in [0.4, 0.5) is 30.7 Å². The Bertz CT molecular complexity index is 508. The van der Waals surface area contributed by atoms with Crippen molar-refractivity contribution in [3.05, 3.63) is 28.8 Å². The first-order valence-corrected chi connectivity index (χ1v) is 5.03. The number of ether oxygens (including phenoxy) is 1. The third kappa shape index (κ3) is 3.61. The van der Waals surface area contributed by atoms with Crippen LogP contribution in [0.5, 0.6) is 5.75 Å². The molecule has 1 aromatic rings. The molecule has 9 heteroatoms. The molecule has 0 aromatic heterocycles. The molecule has 0 unspecified atom stereocenters. The molecular formula is C11H7F7O2. The van der Waals surface area contributed by atoms with Crippen molar-refractivity contribution in [2.45, 2.75) is 26.1 Å². The van der Waals surface area contributed by atoms with Crippen LogP contribution in [-0.4, -0.2) is 12.4 Å². The maximum atomic E-state index is 12.7. The van der Waals surface area contributed by atoms with E-state index in [1.807, 2.05) is 0 Å². The molecule has 0 bridgehead atoms. The molecular weight excluding hydrogens is 297 g/mol. The Balaban J connectivity index is 3.62. The average molecular weight is 304 g/mol. The quantitative estimate of drug-likeness (QED) is 0.607. The summed E-state index contributed by atoms with van der Waals surface area (Å²) >= 11 is 0.